The Bertz CT molecular complexity index is 485. The Morgan fingerprint density at radius 1 is 1.50 bits per heavy atom. The van der Waals surface area contributed by atoms with Crippen molar-refractivity contribution in [3.8, 4) is 11.8 Å². The highest BCUT2D eigenvalue weighted by Crippen LogP contribution is 2.23. The fraction of sp³-hybridized carbons (Fsp3) is 0.467. The van der Waals surface area contributed by atoms with Crippen molar-refractivity contribution in [2.24, 2.45) is 0 Å². The maximum absolute atomic E-state index is 11.9. The van der Waals surface area contributed by atoms with Gasteiger partial charge in [0, 0.05) is 19.5 Å². The zero-order valence-corrected chi connectivity index (χ0v) is 12.6. The fourth-order valence-electron chi connectivity index (χ4n) is 1.66. The SMILES string of the molecule is CC(CC#N)N(C)C(=O)CCCOc1ccccc1Cl. The molecule has 1 aromatic rings. The first-order valence-corrected chi connectivity index (χ1v) is 6.94. The number of hydrogen-bond acceptors (Lipinski definition) is 3. The van der Waals surface area contributed by atoms with E-state index in [4.69, 9.17) is 21.6 Å². The minimum atomic E-state index is -0.0583. The summed E-state index contributed by atoms with van der Waals surface area (Å²) in [7, 11) is 1.72. The van der Waals surface area contributed by atoms with E-state index in [2.05, 4.69) is 6.07 Å². The van der Waals surface area contributed by atoms with Gasteiger partial charge in [0.2, 0.25) is 5.91 Å². The van der Waals surface area contributed by atoms with Crippen molar-refractivity contribution in [2.75, 3.05) is 13.7 Å². The van der Waals surface area contributed by atoms with Crippen LogP contribution in [-0.4, -0.2) is 30.5 Å². The molecule has 0 saturated carbocycles. The van der Waals surface area contributed by atoms with Crippen LogP contribution < -0.4 is 4.74 Å². The van der Waals surface area contributed by atoms with Gasteiger partial charge in [0.1, 0.15) is 5.75 Å². The van der Waals surface area contributed by atoms with E-state index in [1.165, 1.54) is 0 Å². The molecule has 1 aromatic carbocycles. The van der Waals surface area contributed by atoms with Gasteiger partial charge in [-0.15, -0.1) is 0 Å². The van der Waals surface area contributed by atoms with Gasteiger partial charge in [-0.25, -0.2) is 0 Å². The summed E-state index contributed by atoms with van der Waals surface area (Å²) in [6, 6.07) is 9.26. The summed E-state index contributed by atoms with van der Waals surface area (Å²) in [6.07, 6.45) is 1.36. The lowest BCUT2D eigenvalue weighted by molar-refractivity contribution is -0.131. The Labute approximate surface area is 124 Å². The number of halogens is 1. The lowest BCUT2D eigenvalue weighted by atomic mass is 10.2. The summed E-state index contributed by atoms with van der Waals surface area (Å²) in [6.45, 7) is 2.30. The monoisotopic (exact) mass is 294 g/mol. The van der Waals surface area contributed by atoms with E-state index in [0.29, 0.717) is 36.6 Å². The van der Waals surface area contributed by atoms with Gasteiger partial charge < -0.3 is 9.64 Å². The third-order valence-electron chi connectivity index (χ3n) is 3.07. The molecule has 1 rings (SSSR count). The van der Waals surface area contributed by atoms with Crippen molar-refractivity contribution in [1.82, 2.24) is 4.90 Å². The molecule has 0 bridgehead atoms. The minimum absolute atomic E-state index is 0.0236. The number of ether oxygens (including phenoxy) is 1. The number of amides is 1. The molecule has 0 saturated heterocycles. The van der Waals surface area contributed by atoms with Crippen LogP contribution in [0.4, 0.5) is 0 Å². The standard InChI is InChI=1S/C15H19ClN2O2/c1-12(9-10-17)18(2)15(19)8-5-11-20-14-7-4-3-6-13(14)16/h3-4,6-7,12H,5,8-9,11H2,1-2H3. The van der Waals surface area contributed by atoms with Crippen molar-refractivity contribution in [3.63, 3.8) is 0 Å². The number of benzene rings is 1. The van der Waals surface area contributed by atoms with E-state index < -0.39 is 0 Å². The number of rotatable bonds is 7. The molecular formula is C15H19ClN2O2. The van der Waals surface area contributed by atoms with Gasteiger partial charge in [0.15, 0.2) is 0 Å². The maximum atomic E-state index is 11.9. The summed E-state index contributed by atoms with van der Waals surface area (Å²) < 4.78 is 5.52. The molecule has 0 fully saturated rings. The molecule has 0 aromatic heterocycles. The highest BCUT2D eigenvalue weighted by atomic mass is 35.5. The third-order valence-corrected chi connectivity index (χ3v) is 3.38. The molecule has 1 amide bonds. The fourth-order valence-corrected chi connectivity index (χ4v) is 1.85. The molecule has 5 heteroatoms. The lowest BCUT2D eigenvalue weighted by Crippen LogP contribution is -2.34. The van der Waals surface area contributed by atoms with Gasteiger partial charge in [0.05, 0.1) is 24.1 Å². The van der Waals surface area contributed by atoms with Crippen LogP contribution in [0.5, 0.6) is 5.75 Å². The first kappa shape index (κ1) is 16.3. The van der Waals surface area contributed by atoms with Gasteiger partial charge in [-0.3, -0.25) is 4.79 Å². The first-order chi connectivity index (χ1) is 9.56. The number of para-hydroxylation sites is 1. The largest absolute Gasteiger partial charge is 0.492 e. The third kappa shape index (κ3) is 5.10. The normalized spacial score (nSPS) is 11.5. The van der Waals surface area contributed by atoms with E-state index in [1.807, 2.05) is 19.1 Å². The Balaban J connectivity index is 2.29. The van der Waals surface area contributed by atoms with E-state index in [1.54, 1.807) is 24.1 Å². The van der Waals surface area contributed by atoms with Crippen molar-refractivity contribution >= 4 is 17.5 Å². The van der Waals surface area contributed by atoms with Crippen LogP contribution in [0.3, 0.4) is 0 Å². The van der Waals surface area contributed by atoms with Gasteiger partial charge in [-0.1, -0.05) is 23.7 Å². The molecule has 0 spiro atoms. The predicted octanol–water partition coefficient (Wildman–Crippen LogP) is 3.26. The lowest BCUT2D eigenvalue weighted by Gasteiger charge is -2.22. The second-order valence-corrected chi connectivity index (χ2v) is 5.01. The minimum Gasteiger partial charge on any atom is -0.492 e. The summed E-state index contributed by atoms with van der Waals surface area (Å²) in [5, 5.41) is 9.18. The smallest absolute Gasteiger partial charge is 0.222 e. The molecule has 0 heterocycles. The maximum Gasteiger partial charge on any atom is 0.222 e. The van der Waals surface area contributed by atoms with Gasteiger partial charge >= 0.3 is 0 Å². The van der Waals surface area contributed by atoms with Crippen LogP contribution in [0.2, 0.25) is 5.02 Å². The van der Waals surface area contributed by atoms with Crippen molar-refractivity contribution < 1.29 is 9.53 Å². The summed E-state index contributed by atoms with van der Waals surface area (Å²) in [5.74, 6) is 0.656. The summed E-state index contributed by atoms with van der Waals surface area (Å²) in [4.78, 5) is 13.5. The average molecular weight is 295 g/mol. The molecule has 0 aliphatic rings. The van der Waals surface area contributed by atoms with Gasteiger partial charge in [-0.2, -0.15) is 5.26 Å². The first-order valence-electron chi connectivity index (χ1n) is 6.56. The number of carbonyl (C=O) groups excluding carboxylic acids is 1. The van der Waals surface area contributed by atoms with Crippen LogP contribution in [-0.2, 0) is 4.79 Å². The van der Waals surface area contributed by atoms with Crippen LogP contribution in [0.25, 0.3) is 0 Å². The van der Waals surface area contributed by atoms with E-state index in [-0.39, 0.29) is 11.9 Å². The molecule has 1 atom stereocenters. The van der Waals surface area contributed by atoms with Gasteiger partial charge in [-0.05, 0) is 25.5 Å². The Morgan fingerprint density at radius 2 is 2.20 bits per heavy atom. The number of nitrogens with zero attached hydrogens (tertiary/aromatic N) is 2. The highest BCUT2D eigenvalue weighted by Gasteiger charge is 2.14. The number of carbonyl (C=O) groups is 1. The molecule has 1 unspecified atom stereocenters. The van der Waals surface area contributed by atoms with Crippen LogP contribution >= 0.6 is 11.6 Å². The quantitative estimate of drug-likeness (QED) is 0.725. The Hall–Kier alpha value is -1.73. The molecule has 0 aliphatic carbocycles. The second kappa shape index (κ2) is 8.44. The molecule has 20 heavy (non-hydrogen) atoms. The number of nitriles is 1. The zero-order chi connectivity index (χ0) is 15.0. The Morgan fingerprint density at radius 3 is 2.85 bits per heavy atom. The molecule has 108 valence electrons. The van der Waals surface area contributed by atoms with E-state index in [0.717, 1.165) is 0 Å². The molecule has 0 N–H and O–H groups in total. The highest BCUT2D eigenvalue weighted by molar-refractivity contribution is 6.32. The van der Waals surface area contributed by atoms with E-state index in [9.17, 15) is 4.79 Å². The van der Waals surface area contributed by atoms with Crippen LogP contribution in [0.15, 0.2) is 24.3 Å². The molecule has 4 nitrogen and oxygen atoms in total. The van der Waals surface area contributed by atoms with Crippen LogP contribution in [0, 0.1) is 11.3 Å². The summed E-state index contributed by atoms with van der Waals surface area (Å²) in [5.41, 5.74) is 0. The molecule has 0 radical (unpaired) electrons. The topological polar surface area (TPSA) is 53.3 Å². The second-order valence-electron chi connectivity index (χ2n) is 4.60. The van der Waals surface area contributed by atoms with Gasteiger partial charge in [0.25, 0.3) is 0 Å². The van der Waals surface area contributed by atoms with Crippen molar-refractivity contribution in [1.29, 1.82) is 5.26 Å². The summed E-state index contributed by atoms with van der Waals surface area (Å²) >= 11 is 5.96. The van der Waals surface area contributed by atoms with Crippen molar-refractivity contribution in [2.45, 2.75) is 32.2 Å². The molecular weight excluding hydrogens is 276 g/mol. The van der Waals surface area contributed by atoms with E-state index >= 15 is 0 Å². The number of hydrogen-bond donors (Lipinski definition) is 0. The predicted molar refractivity (Wildman–Crippen MR) is 78.6 cm³/mol. The van der Waals surface area contributed by atoms with Crippen LogP contribution in [0.1, 0.15) is 26.2 Å². The Kier molecular flexibility index (Phi) is 6.89. The van der Waals surface area contributed by atoms with Crippen molar-refractivity contribution in [3.05, 3.63) is 29.3 Å². The zero-order valence-electron chi connectivity index (χ0n) is 11.8. The molecule has 0 aliphatic heterocycles. The average Bonchev–Trinajstić information content (AvgIpc) is 2.44.